The molecule has 106 valence electrons. The number of aryl methyl sites for hydroxylation is 1. The summed E-state index contributed by atoms with van der Waals surface area (Å²) < 4.78 is 23.0. The molecule has 0 bridgehead atoms. The van der Waals surface area contributed by atoms with Crippen molar-refractivity contribution in [2.45, 2.75) is 45.1 Å². The molecule has 1 aromatic rings. The van der Waals surface area contributed by atoms with E-state index in [1.54, 1.807) is 19.9 Å². The van der Waals surface area contributed by atoms with E-state index in [0.717, 1.165) is 0 Å². The van der Waals surface area contributed by atoms with Gasteiger partial charge in [0.1, 0.15) is 0 Å². The fourth-order valence-corrected chi connectivity index (χ4v) is 2.90. The lowest BCUT2D eigenvalue weighted by molar-refractivity contribution is 0.0919. The van der Waals surface area contributed by atoms with E-state index in [9.17, 15) is 13.2 Å². The van der Waals surface area contributed by atoms with Crippen LogP contribution in [0, 0.1) is 13.8 Å². The number of halogens is 1. The lowest BCUT2D eigenvalue weighted by Gasteiger charge is -2.21. The number of rotatable bonds is 2. The van der Waals surface area contributed by atoms with E-state index >= 15 is 0 Å². The summed E-state index contributed by atoms with van der Waals surface area (Å²) in [5.41, 5.74) is 1.16. The molecule has 0 heterocycles. The van der Waals surface area contributed by atoms with Gasteiger partial charge in [-0.1, -0.05) is 0 Å². The van der Waals surface area contributed by atoms with Crippen LogP contribution in [0.25, 0.3) is 0 Å². The van der Waals surface area contributed by atoms with E-state index in [1.165, 1.54) is 6.07 Å². The fraction of sp³-hybridized carbons (Fsp3) is 0.462. The first-order valence-corrected chi connectivity index (χ1v) is 8.11. The zero-order valence-corrected chi connectivity index (χ0v) is 13.2. The van der Waals surface area contributed by atoms with Gasteiger partial charge in [-0.3, -0.25) is 4.79 Å². The van der Waals surface area contributed by atoms with Gasteiger partial charge in [-0.05, 0) is 57.9 Å². The molecular weight excluding hydrogens is 286 g/mol. The van der Waals surface area contributed by atoms with Gasteiger partial charge in [0.15, 0.2) is 0 Å². The minimum absolute atomic E-state index is 0.0202. The van der Waals surface area contributed by atoms with E-state index in [2.05, 4.69) is 5.32 Å². The molecule has 6 heteroatoms. The topological polar surface area (TPSA) is 63.2 Å². The van der Waals surface area contributed by atoms with Crippen molar-refractivity contribution in [1.82, 2.24) is 5.32 Å². The minimum Gasteiger partial charge on any atom is -0.347 e. The highest BCUT2D eigenvalue weighted by molar-refractivity contribution is 8.13. The van der Waals surface area contributed by atoms with E-state index < -0.39 is 14.6 Å². The van der Waals surface area contributed by atoms with Crippen molar-refractivity contribution in [2.24, 2.45) is 0 Å². The summed E-state index contributed by atoms with van der Waals surface area (Å²) in [6, 6.07) is 2.97. The van der Waals surface area contributed by atoms with Gasteiger partial charge < -0.3 is 5.32 Å². The molecule has 19 heavy (non-hydrogen) atoms. The summed E-state index contributed by atoms with van der Waals surface area (Å²) in [4.78, 5) is 12.0. The maximum Gasteiger partial charge on any atom is 0.261 e. The van der Waals surface area contributed by atoms with E-state index in [1.807, 2.05) is 20.8 Å². The van der Waals surface area contributed by atoms with Crippen molar-refractivity contribution in [2.75, 3.05) is 0 Å². The van der Waals surface area contributed by atoms with Crippen molar-refractivity contribution in [3.63, 3.8) is 0 Å². The number of amides is 1. The average molecular weight is 304 g/mol. The molecule has 1 rings (SSSR count). The Labute approximate surface area is 118 Å². The van der Waals surface area contributed by atoms with Gasteiger partial charge in [0.05, 0.1) is 4.90 Å². The smallest absolute Gasteiger partial charge is 0.261 e. The summed E-state index contributed by atoms with van der Waals surface area (Å²) in [6.07, 6.45) is 0. The maximum atomic E-state index is 12.1. The van der Waals surface area contributed by atoms with Crippen LogP contribution in [-0.4, -0.2) is 19.9 Å². The fourth-order valence-electron chi connectivity index (χ4n) is 1.62. The van der Waals surface area contributed by atoms with Gasteiger partial charge in [0.25, 0.3) is 15.0 Å². The first-order chi connectivity index (χ1) is 8.42. The van der Waals surface area contributed by atoms with Crippen molar-refractivity contribution in [3.05, 3.63) is 28.8 Å². The normalized spacial score (nSPS) is 12.3. The summed E-state index contributed by atoms with van der Waals surface area (Å²) in [5.74, 6) is -0.322. The van der Waals surface area contributed by atoms with E-state index in [0.29, 0.717) is 11.1 Å². The molecule has 0 fully saturated rings. The average Bonchev–Trinajstić information content (AvgIpc) is 2.17. The number of hydrogen-bond donors (Lipinski definition) is 1. The van der Waals surface area contributed by atoms with Crippen molar-refractivity contribution in [3.8, 4) is 0 Å². The molecule has 1 aromatic carbocycles. The van der Waals surface area contributed by atoms with Gasteiger partial charge in [-0.2, -0.15) is 0 Å². The molecule has 0 radical (unpaired) electrons. The first kappa shape index (κ1) is 16.0. The first-order valence-electron chi connectivity index (χ1n) is 5.80. The molecule has 0 aromatic heterocycles. The van der Waals surface area contributed by atoms with Gasteiger partial charge in [0, 0.05) is 21.8 Å². The Morgan fingerprint density at radius 1 is 1.21 bits per heavy atom. The predicted octanol–water partition coefficient (Wildman–Crippen LogP) is 2.76. The Hall–Kier alpha value is -1.07. The molecule has 0 unspecified atom stereocenters. The quantitative estimate of drug-likeness (QED) is 0.855. The third-order valence-electron chi connectivity index (χ3n) is 2.63. The van der Waals surface area contributed by atoms with Gasteiger partial charge in [-0.25, -0.2) is 8.42 Å². The molecule has 0 spiro atoms. The summed E-state index contributed by atoms with van der Waals surface area (Å²) in [7, 11) is 1.52. The van der Waals surface area contributed by atoms with Crippen molar-refractivity contribution >= 4 is 25.6 Å². The lowest BCUT2D eigenvalue weighted by Crippen LogP contribution is -2.40. The number of nitrogens with one attached hydrogen (secondary N) is 1. The monoisotopic (exact) mass is 303 g/mol. The molecule has 0 atom stereocenters. The van der Waals surface area contributed by atoms with Crippen LogP contribution >= 0.6 is 10.7 Å². The molecule has 1 N–H and O–H groups in total. The highest BCUT2D eigenvalue weighted by atomic mass is 35.7. The van der Waals surface area contributed by atoms with Crippen LogP contribution in [0.5, 0.6) is 0 Å². The van der Waals surface area contributed by atoms with Crippen LogP contribution < -0.4 is 5.32 Å². The van der Waals surface area contributed by atoms with Crippen LogP contribution in [-0.2, 0) is 9.05 Å². The second kappa shape index (κ2) is 5.13. The lowest BCUT2D eigenvalue weighted by atomic mass is 10.0. The third kappa shape index (κ3) is 4.21. The number of carbonyl (C=O) groups excluding carboxylic acids is 1. The van der Waals surface area contributed by atoms with Crippen LogP contribution in [0.4, 0.5) is 0 Å². The van der Waals surface area contributed by atoms with Crippen molar-refractivity contribution in [1.29, 1.82) is 0 Å². The zero-order valence-electron chi connectivity index (χ0n) is 11.7. The van der Waals surface area contributed by atoms with Gasteiger partial charge >= 0.3 is 0 Å². The Balaban J connectivity index is 3.33. The number of benzene rings is 1. The molecular formula is C13H18ClNO3S. The van der Waals surface area contributed by atoms with Crippen LogP contribution in [0.3, 0.4) is 0 Å². The molecule has 0 aliphatic heterocycles. The highest BCUT2D eigenvalue weighted by Gasteiger charge is 2.20. The Morgan fingerprint density at radius 2 is 1.74 bits per heavy atom. The second-order valence-electron chi connectivity index (χ2n) is 5.56. The van der Waals surface area contributed by atoms with Crippen LogP contribution in [0.1, 0.15) is 42.3 Å². The molecule has 0 aliphatic rings. The van der Waals surface area contributed by atoms with E-state index in [4.69, 9.17) is 10.7 Å². The molecule has 0 saturated heterocycles. The van der Waals surface area contributed by atoms with Crippen LogP contribution in [0.2, 0.25) is 0 Å². The Bertz CT molecular complexity index is 616. The van der Waals surface area contributed by atoms with Gasteiger partial charge in [-0.15, -0.1) is 0 Å². The second-order valence-corrected chi connectivity index (χ2v) is 8.09. The summed E-state index contributed by atoms with van der Waals surface area (Å²) >= 11 is 0. The van der Waals surface area contributed by atoms with E-state index in [-0.39, 0.29) is 16.4 Å². The predicted molar refractivity (Wildman–Crippen MR) is 76.2 cm³/mol. The Morgan fingerprint density at radius 3 is 2.16 bits per heavy atom. The SMILES string of the molecule is Cc1cc(C(=O)NC(C)(C)C)cc(S(=O)(=O)Cl)c1C. The molecule has 0 saturated carbocycles. The Kier molecular flexibility index (Phi) is 4.32. The van der Waals surface area contributed by atoms with Gasteiger partial charge in [0.2, 0.25) is 0 Å². The number of carbonyl (C=O) groups is 1. The highest BCUT2D eigenvalue weighted by Crippen LogP contribution is 2.24. The third-order valence-corrected chi connectivity index (χ3v) is 4.08. The van der Waals surface area contributed by atoms with Crippen LogP contribution in [0.15, 0.2) is 17.0 Å². The molecule has 4 nitrogen and oxygen atoms in total. The number of hydrogen-bond acceptors (Lipinski definition) is 3. The summed E-state index contributed by atoms with van der Waals surface area (Å²) in [5, 5.41) is 2.78. The zero-order chi connectivity index (χ0) is 15.0. The van der Waals surface area contributed by atoms with Crippen molar-refractivity contribution < 1.29 is 13.2 Å². The maximum absolute atomic E-state index is 12.1. The molecule has 0 aliphatic carbocycles. The standard InChI is InChI=1S/C13H18ClNO3S/c1-8-6-10(12(16)15-13(3,4)5)7-11(9(8)2)19(14,17)18/h6-7H,1-5H3,(H,15,16). The summed E-state index contributed by atoms with van der Waals surface area (Å²) in [6.45, 7) is 8.96. The minimum atomic E-state index is -3.86. The largest absolute Gasteiger partial charge is 0.347 e. The molecule has 1 amide bonds.